The van der Waals surface area contributed by atoms with Crippen LogP contribution in [0.5, 0.6) is 0 Å². The van der Waals surface area contributed by atoms with Crippen LogP contribution in [0.15, 0.2) is 18.2 Å². The first-order valence-corrected chi connectivity index (χ1v) is 8.78. The molecule has 1 aliphatic heterocycles. The largest absolute Gasteiger partial charge is 0.367 e. The summed E-state index contributed by atoms with van der Waals surface area (Å²) in [6, 6.07) is 5.15. The van der Waals surface area contributed by atoms with Gasteiger partial charge in [-0.1, -0.05) is 29.3 Å². The highest BCUT2D eigenvalue weighted by Crippen LogP contribution is 2.47. The van der Waals surface area contributed by atoms with Gasteiger partial charge in [-0.15, -0.1) is 0 Å². The minimum atomic E-state index is -1.43. The molecule has 2 unspecified atom stereocenters. The fraction of sp³-hybridized carbons (Fsp3) is 0.471. The average molecular weight is 385 g/mol. The van der Waals surface area contributed by atoms with Crippen LogP contribution in [0.25, 0.3) is 0 Å². The van der Waals surface area contributed by atoms with E-state index in [0.717, 1.165) is 5.56 Å². The van der Waals surface area contributed by atoms with Crippen molar-refractivity contribution in [2.45, 2.75) is 43.2 Å². The molecule has 134 valence electrons. The van der Waals surface area contributed by atoms with Gasteiger partial charge in [-0.2, -0.15) is 0 Å². The molecule has 2 atom stereocenters. The standard InChI is InChI=1S/C17H18Cl2N2O4/c18-11-4-2-10(8-12(11)19)3-5-14(23)21-16-6-1-7-17(16,15(20)24)25-9-13(16)22/h2,4,8H,1,3,5-7,9H2,(H2,20,24)(H,21,23). The summed E-state index contributed by atoms with van der Waals surface area (Å²) in [5.74, 6) is -1.34. The summed E-state index contributed by atoms with van der Waals surface area (Å²) in [4.78, 5) is 36.8. The summed E-state index contributed by atoms with van der Waals surface area (Å²) < 4.78 is 5.46. The molecule has 2 aliphatic rings. The van der Waals surface area contributed by atoms with E-state index in [1.165, 1.54) is 0 Å². The molecule has 1 saturated carbocycles. The third-order valence-electron chi connectivity index (χ3n) is 5.07. The minimum absolute atomic E-state index is 0.141. The normalized spacial score (nSPS) is 28.0. The van der Waals surface area contributed by atoms with Gasteiger partial charge in [-0.3, -0.25) is 14.4 Å². The number of primary amides is 1. The zero-order valence-electron chi connectivity index (χ0n) is 13.4. The Morgan fingerprint density at radius 2 is 2.00 bits per heavy atom. The van der Waals surface area contributed by atoms with Crippen LogP contribution in [-0.4, -0.2) is 35.3 Å². The van der Waals surface area contributed by atoms with E-state index in [1.807, 2.05) is 0 Å². The summed E-state index contributed by atoms with van der Waals surface area (Å²) in [5.41, 5.74) is 3.58. The Hall–Kier alpha value is -1.63. The molecule has 1 aromatic rings. The lowest BCUT2D eigenvalue weighted by atomic mass is 9.80. The van der Waals surface area contributed by atoms with Gasteiger partial charge in [0, 0.05) is 6.42 Å². The van der Waals surface area contributed by atoms with E-state index in [1.54, 1.807) is 18.2 Å². The maximum Gasteiger partial charge on any atom is 0.252 e. The van der Waals surface area contributed by atoms with E-state index in [0.29, 0.717) is 35.7 Å². The van der Waals surface area contributed by atoms with Crippen molar-refractivity contribution in [3.63, 3.8) is 0 Å². The van der Waals surface area contributed by atoms with Crippen molar-refractivity contribution in [3.05, 3.63) is 33.8 Å². The van der Waals surface area contributed by atoms with Crippen LogP contribution in [0, 0.1) is 0 Å². The summed E-state index contributed by atoms with van der Waals surface area (Å²) in [6.07, 6.45) is 1.84. The molecule has 0 spiro atoms. The van der Waals surface area contributed by atoms with Gasteiger partial charge in [0.1, 0.15) is 12.1 Å². The summed E-state index contributed by atoms with van der Waals surface area (Å²) in [6.45, 7) is -0.212. The molecule has 6 nitrogen and oxygen atoms in total. The summed E-state index contributed by atoms with van der Waals surface area (Å²) in [7, 11) is 0. The number of Topliss-reactive ketones (excluding diaryl/α,β-unsaturated/α-hetero) is 1. The van der Waals surface area contributed by atoms with Crippen LogP contribution in [0.3, 0.4) is 0 Å². The van der Waals surface area contributed by atoms with Gasteiger partial charge in [-0.25, -0.2) is 0 Å². The maximum absolute atomic E-state index is 12.4. The SMILES string of the molecule is NC(=O)C12CCCC1(NC(=O)CCc1ccc(Cl)c(Cl)c1)C(=O)CO2. The predicted molar refractivity (Wildman–Crippen MR) is 92.4 cm³/mol. The van der Waals surface area contributed by atoms with E-state index >= 15 is 0 Å². The van der Waals surface area contributed by atoms with Crippen LogP contribution >= 0.6 is 23.2 Å². The van der Waals surface area contributed by atoms with Crippen molar-refractivity contribution in [3.8, 4) is 0 Å². The Morgan fingerprint density at radius 3 is 2.68 bits per heavy atom. The predicted octanol–water partition coefficient (Wildman–Crippen LogP) is 1.79. The van der Waals surface area contributed by atoms with Gasteiger partial charge in [0.25, 0.3) is 5.91 Å². The lowest BCUT2D eigenvalue weighted by Crippen LogP contribution is -2.66. The van der Waals surface area contributed by atoms with Crippen molar-refractivity contribution >= 4 is 40.8 Å². The summed E-state index contributed by atoms with van der Waals surface area (Å²) >= 11 is 11.8. The molecule has 0 aromatic heterocycles. The Morgan fingerprint density at radius 1 is 1.24 bits per heavy atom. The third-order valence-corrected chi connectivity index (χ3v) is 5.81. The number of nitrogens with two attached hydrogens (primary N) is 1. The number of halogens is 2. The smallest absolute Gasteiger partial charge is 0.252 e. The van der Waals surface area contributed by atoms with E-state index < -0.39 is 17.0 Å². The Kier molecular flexibility index (Phi) is 4.79. The van der Waals surface area contributed by atoms with Crippen LogP contribution in [0.2, 0.25) is 10.0 Å². The molecule has 0 radical (unpaired) electrons. The number of fused-ring (bicyclic) bond motifs is 1. The quantitative estimate of drug-likeness (QED) is 0.807. The van der Waals surface area contributed by atoms with Crippen molar-refractivity contribution in [2.24, 2.45) is 5.73 Å². The molecule has 1 saturated heterocycles. The number of nitrogens with one attached hydrogen (secondary N) is 1. The molecular formula is C17H18Cl2N2O4. The second-order valence-corrected chi connectivity index (χ2v) is 7.27. The molecule has 3 N–H and O–H groups in total. The maximum atomic E-state index is 12.4. The molecule has 25 heavy (non-hydrogen) atoms. The second kappa shape index (κ2) is 6.59. The first kappa shape index (κ1) is 18.2. The number of carbonyl (C=O) groups is 3. The highest BCUT2D eigenvalue weighted by Gasteiger charge is 2.68. The number of carbonyl (C=O) groups excluding carboxylic acids is 3. The van der Waals surface area contributed by atoms with E-state index in [2.05, 4.69) is 5.32 Å². The Bertz CT molecular complexity index is 754. The second-order valence-electron chi connectivity index (χ2n) is 6.46. The highest BCUT2D eigenvalue weighted by molar-refractivity contribution is 6.42. The van der Waals surface area contributed by atoms with Crippen LogP contribution in [-0.2, 0) is 25.5 Å². The zero-order valence-corrected chi connectivity index (χ0v) is 15.0. The van der Waals surface area contributed by atoms with Gasteiger partial charge in [0.2, 0.25) is 5.91 Å². The number of benzene rings is 1. The zero-order chi connectivity index (χ0) is 18.2. The number of rotatable bonds is 5. The fourth-order valence-electron chi connectivity index (χ4n) is 3.78. The van der Waals surface area contributed by atoms with Crippen molar-refractivity contribution < 1.29 is 19.1 Å². The van der Waals surface area contributed by atoms with E-state index in [9.17, 15) is 14.4 Å². The first-order valence-electron chi connectivity index (χ1n) is 8.03. The monoisotopic (exact) mass is 384 g/mol. The summed E-state index contributed by atoms with van der Waals surface area (Å²) in [5, 5.41) is 3.61. The van der Waals surface area contributed by atoms with Crippen molar-refractivity contribution in [1.82, 2.24) is 5.32 Å². The van der Waals surface area contributed by atoms with Crippen LogP contribution in [0.1, 0.15) is 31.2 Å². The molecule has 8 heteroatoms. The molecular weight excluding hydrogens is 367 g/mol. The molecule has 3 rings (SSSR count). The Balaban J connectivity index is 1.72. The number of aryl methyl sites for hydroxylation is 1. The first-order chi connectivity index (χ1) is 11.8. The number of ether oxygens (including phenoxy) is 1. The number of hydrogen-bond donors (Lipinski definition) is 2. The van der Waals surface area contributed by atoms with Crippen molar-refractivity contribution in [1.29, 1.82) is 0 Å². The lowest BCUT2D eigenvalue weighted by molar-refractivity contribution is -0.144. The molecule has 1 heterocycles. The van der Waals surface area contributed by atoms with Gasteiger partial charge >= 0.3 is 0 Å². The molecule has 2 amide bonds. The third kappa shape index (κ3) is 2.92. The number of amides is 2. The number of ketones is 1. The van der Waals surface area contributed by atoms with Gasteiger partial charge < -0.3 is 15.8 Å². The molecule has 1 aliphatic carbocycles. The topological polar surface area (TPSA) is 98.5 Å². The fourth-order valence-corrected chi connectivity index (χ4v) is 4.10. The van der Waals surface area contributed by atoms with Crippen molar-refractivity contribution in [2.75, 3.05) is 6.61 Å². The number of hydrogen-bond acceptors (Lipinski definition) is 4. The molecule has 2 fully saturated rings. The van der Waals surface area contributed by atoms with Crippen LogP contribution < -0.4 is 11.1 Å². The van der Waals surface area contributed by atoms with E-state index in [4.69, 9.17) is 33.7 Å². The average Bonchev–Trinajstić information content (AvgIpc) is 3.05. The Labute approximate surface area is 155 Å². The lowest BCUT2D eigenvalue weighted by Gasteiger charge is -2.35. The van der Waals surface area contributed by atoms with Crippen LogP contribution in [0.4, 0.5) is 0 Å². The van der Waals surface area contributed by atoms with Gasteiger partial charge in [-0.05, 0) is 43.4 Å². The highest BCUT2D eigenvalue weighted by atomic mass is 35.5. The van der Waals surface area contributed by atoms with Gasteiger partial charge in [0.15, 0.2) is 11.4 Å². The van der Waals surface area contributed by atoms with Gasteiger partial charge in [0.05, 0.1) is 10.0 Å². The van der Waals surface area contributed by atoms with E-state index in [-0.39, 0.29) is 24.7 Å². The minimum Gasteiger partial charge on any atom is -0.367 e. The molecule has 0 bridgehead atoms. The molecule has 1 aromatic carbocycles.